The molecular weight excluding hydrogens is 392 g/mol. The monoisotopic (exact) mass is 418 g/mol. The smallest absolute Gasteiger partial charge is 0.338 e. The van der Waals surface area contributed by atoms with Gasteiger partial charge in [0.15, 0.2) is 5.65 Å². The first-order valence-electron chi connectivity index (χ1n) is 11.1. The van der Waals surface area contributed by atoms with Crippen molar-refractivity contribution >= 4 is 23.1 Å². The number of hydrogen-bond acceptors (Lipinski definition) is 5. The van der Waals surface area contributed by atoms with Crippen molar-refractivity contribution in [2.24, 2.45) is 12.5 Å². The van der Waals surface area contributed by atoms with E-state index in [0.717, 1.165) is 43.9 Å². The van der Waals surface area contributed by atoms with E-state index in [1.807, 2.05) is 29.2 Å². The molecule has 31 heavy (non-hydrogen) atoms. The molecule has 8 heteroatoms. The quantitative estimate of drug-likeness (QED) is 0.651. The van der Waals surface area contributed by atoms with E-state index in [9.17, 15) is 9.59 Å². The van der Waals surface area contributed by atoms with Crippen LogP contribution in [0, 0.1) is 5.41 Å². The number of piperidine rings is 1. The van der Waals surface area contributed by atoms with Crippen molar-refractivity contribution in [3.8, 4) is 0 Å². The predicted molar refractivity (Wildman–Crippen MR) is 117 cm³/mol. The lowest BCUT2D eigenvalue weighted by Gasteiger charge is -2.33. The zero-order valence-electron chi connectivity index (χ0n) is 17.7. The molecule has 3 aromatic heterocycles. The highest BCUT2D eigenvalue weighted by molar-refractivity contribution is 5.94. The van der Waals surface area contributed by atoms with Gasteiger partial charge in [-0.05, 0) is 62.1 Å². The number of aromatic nitrogens is 4. The molecule has 0 N–H and O–H groups in total. The average Bonchev–Trinajstić information content (AvgIpc) is 3.72. The minimum atomic E-state index is -0.161. The van der Waals surface area contributed by atoms with Crippen LogP contribution in [0.1, 0.15) is 48.9 Å². The van der Waals surface area contributed by atoms with E-state index in [2.05, 4.69) is 15.0 Å². The fraction of sp³-hybridized carbons (Fsp3) is 0.478. The first kappa shape index (κ1) is 18.6. The molecule has 1 amide bonds. The summed E-state index contributed by atoms with van der Waals surface area (Å²) in [6.45, 7) is 1.74. The van der Waals surface area contributed by atoms with Gasteiger partial charge >= 0.3 is 5.69 Å². The third kappa shape index (κ3) is 3.21. The number of rotatable bonds is 4. The van der Waals surface area contributed by atoms with Crippen LogP contribution >= 0.6 is 0 Å². The summed E-state index contributed by atoms with van der Waals surface area (Å²) in [4.78, 5) is 34.0. The van der Waals surface area contributed by atoms with Crippen molar-refractivity contribution in [1.29, 1.82) is 0 Å². The molecule has 6 rings (SSSR count). The van der Waals surface area contributed by atoms with E-state index >= 15 is 0 Å². The summed E-state index contributed by atoms with van der Waals surface area (Å²) >= 11 is 0. The molecule has 1 aliphatic heterocycles. The van der Waals surface area contributed by atoms with E-state index in [4.69, 9.17) is 0 Å². The summed E-state index contributed by atoms with van der Waals surface area (Å²) in [6.07, 6.45) is 10.6. The molecule has 2 aliphatic carbocycles. The van der Waals surface area contributed by atoms with Crippen molar-refractivity contribution < 1.29 is 4.79 Å². The second-order valence-corrected chi connectivity index (χ2v) is 9.36. The lowest BCUT2D eigenvalue weighted by atomic mass is 9.94. The Morgan fingerprint density at radius 3 is 2.74 bits per heavy atom. The fourth-order valence-corrected chi connectivity index (χ4v) is 4.88. The fourth-order valence-electron chi connectivity index (χ4n) is 4.88. The van der Waals surface area contributed by atoms with Gasteiger partial charge < -0.3 is 9.80 Å². The maximum atomic E-state index is 13.0. The van der Waals surface area contributed by atoms with Gasteiger partial charge in [-0.25, -0.2) is 14.5 Å². The van der Waals surface area contributed by atoms with Gasteiger partial charge in [-0.1, -0.05) is 0 Å². The molecule has 1 saturated heterocycles. The number of aryl methyl sites for hydroxylation is 1. The summed E-state index contributed by atoms with van der Waals surface area (Å²) in [5.41, 5.74) is 2.48. The Labute approximate surface area is 180 Å². The topological polar surface area (TPSA) is 75.7 Å². The van der Waals surface area contributed by atoms with Crippen molar-refractivity contribution in [2.45, 2.75) is 44.6 Å². The Morgan fingerprint density at radius 1 is 1.19 bits per heavy atom. The molecule has 0 atom stereocenters. The lowest BCUT2D eigenvalue weighted by Crippen LogP contribution is -2.40. The minimum Gasteiger partial charge on any atom is -0.338 e. The Morgan fingerprint density at radius 2 is 2.03 bits per heavy atom. The summed E-state index contributed by atoms with van der Waals surface area (Å²) in [7, 11) is 1.65. The third-order valence-electron chi connectivity index (χ3n) is 6.99. The van der Waals surface area contributed by atoms with Crippen LogP contribution in [0.3, 0.4) is 0 Å². The van der Waals surface area contributed by atoms with Gasteiger partial charge in [0, 0.05) is 50.3 Å². The highest BCUT2D eigenvalue weighted by Crippen LogP contribution is 2.52. The lowest BCUT2D eigenvalue weighted by molar-refractivity contribution is 0.0654. The number of nitrogens with zero attached hydrogens (tertiary/aromatic N) is 6. The maximum Gasteiger partial charge on any atom is 0.350 e. The standard InChI is InChI=1S/C23H26N6O2/c1-26-22(31)28-12-7-18(13-20(28)25-26)29(17-4-5-17)19-6-3-16(14-24-19)21(30)27-11-2-8-23(15-27)9-10-23/h3,6-7,12-14,17H,2,4-5,8-11,15H2,1H3. The Kier molecular flexibility index (Phi) is 4.00. The van der Waals surface area contributed by atoms with Crippen LogP contribution in [-0.4, -0.2) is 49.1 Å². The molecule has 0 bridgehead atoms. The van der Waals surface area contributed by atoms with Crippen molar-refractivity contribution in [3.63, 3.8) is 0 Å². The van der Waals surface area contributed by atoms with Crippen molar-refractivity contribution in [1.82, 2.24) is 24.1 Å². The van der Waals surface area contributed by atoms with E-state index in [-0.39, 0.29) is 11.6 Å². The number of anilines is 2. The average molecular weight is 419 g/mol. The highest BCUT2D eigenvalue weighted by Gasteiger charge is 2.46. The summed E-state index contributed by atoms with van der Waals surface area (Å²) in [6, 6.07) is 8.07. The molecule has 4 heterocycles. The molecule has 0 radical (unpaired) electrons. The van der Waals surface area contributed by atoms with Crippen LogP contribution in [0.2, 0.25) is 0 Å². The summed E-state index contributed by atoms with van der Waals surface area (Å²) in [5.74, 6) is 0.913. The molecule has 0 aromatic carbocycles. The van der Waals surface area contributed by atoms with Crippen LogP contribution in [-0.2, 0) is 7.05 Å². The van der Waals surface area contributed by atoms with E-state index < -0.39 is 0 Å². The largest absolute Gasteiger partial charge is 0.350 e. The SMILES string of the molecule is Cn1nc2cc(N(c3ccc(C(=O)N4CCCC5(CC5)C4)cn3)C3CC3)ccn2c1=O. The number of fused-ring (bicyclic) bond motifs is 1. The van der Waals surface area contributed by atoms with Gasteiger partial charge in [0.1, 0.15) is 5.82 Å². The number of likely N-dealkylation sites (tertiary alicyclic amines) is 1. The number of carbonyl (C=O) groups is 1. The van der Waals surface area contributed by atoms with Crippen LogP contribution in [0.25, 0.3) is 5.65 Å². The molecular formula is C23H26N6O2. The number of hydrogen-bond donors (Lipinski definition) is 0. The predicted octanol–water partition coefficient (Wildman–Crippen LogP) is 2.74. The van der Waals surface area contributed by atoms with E-state index in [1.165, 1.54) is 28.3 Å². The second-order valence-electron chi connectivity index (χ2n) is 9.36. The van der Waals surface area contributed by atoms with Crippen LogP contribution in [0.4, 0.5) is 11.5 Å². The normalized spacial score (nSPS) is 19.7. The molecule has 3 fully saturated rings. The Bertz CT molecular complexity index is 1220. The Balaban J connectivity index is 1.27. The second kappa shape index (κ2) is 6.67. The molecule has 0 unspecified atom stereocenters. The van der Waals surface area contributed by atoms with Gasteiger partial charge in [-0.15, -0.1) is 0 Å². The first-order valence-corrected chi connectivity index (χ1v) is 11.1. The van der Waals surface area contributed by atoms with Crippen molar-refractivity contribution in [3.05, 3.63) is 52.7 Å². The number of carbonyl (C=O) groups excluding carboxylic acids is 1. The van der Waals surface area contributed by atoms with Gasteiger partial charge in [0.25, 0.3) is 5.91 Å². The maximum absolute atomic E-state index is 13.0. The zero-order valence-corrected chi connectivity index (χ0v) is 17.7. The van der Waals surface area contributed by atoms with Crippen LogP contribution in [0.5, 0.6) is 0 Å². The molecule has 1 spiro atoms. The first-order chi connectivity index (χ1) is 15.0. The molecule has 2 saturated carbocycles. The number of amides is 1. The zero-order chi connectivity index (χ0) is 21.2. The summed E-state index contributed by atoms with van der Waals surface area (Å²) < 4.78 is 2.88. The van der Waals surface area contributed by atoms with Crippen LogP contribution in [0.15, 0.2) is 41.5 Å². The minimum absolute atomic E-state index is 0.0947. The third-order valence-corrected chi connectivity index (χ3v) is 6.99. The van der Waals surface area contributed by atoms with Gasteiger partial charge in [0.05, 0.1) is 5.56 Å². The molecule has 160 valence electrons. The molecule has 8 nitrogen and oxygen atoms in total. The molecule has 3 aromatic rings. The van der Waals surface area contributed by atoms with E-state index in [0.29, 0.717) is 22.7 Å². The number of pyridine rings is 2. The Hall–Kier alpha value is -3.16. The summed E-state index contributed by atoms with van der Waals surface area (Å²) in [5, 5.41) is 4.30. The highest BCUT2D eigenvalue weighted by atomic mass is 16.2. The molecule has 3 aliphatic rings. The van der Waals surface area contributed by atoms with E-state index in [1.54, 1.807) is 19.4 Å². The van der Waals surface area contributed by atoms with Gasteiger partial charge in [-0.2, -0.15) is 5.10 Å². The van der Waals surface area contributed by atoms with Crippen molar-refractivity contribution in [2.75, 3.05) is 18.0 Å². The van der Waals surface area contributed by atoms with Gasteiger partial charge in [-0.3, -0.25) is 9.20 Å². The van der Waals surface area contributed by atoms with Crippen LogP contribution < -0.4 is 10.6 Å². The van der Waals surface area contributed by atoms with Gasteiger partial charge in [0.2, 0.25) is 0 Å².